The summed E-state index contributed by atoms with van der Waals surface area (Å²) < 4.78 is 11.5. The summed E-state index contributed by atoms with van der Waals surface area (Å²) in [6.07, 6.45) is 3.90. The molecule has 1 aliphatic heterocycles. The molecule has 1 aliphatic carbocycles. The highest BCUT2D eigenvalue weighted by molar-refractivity contribution is 5.44. The molecule has 4 heteroatoms. The van der Waals surface area contributed by atoms with Crippen molar-refractivity contribution in [1.82, 2.24) is 0 Å². The van der Waals surface area contributed by atoms with Gasteiger partial charge in [0.15, 0.2) is 11.5 Å². The summed E-state index contributed by atoms with van der Waals surface area (Å²) in [7, 11) is 0. The van der Waals surface area contributed by atoms with E-state index in [4.69, 9.17) is 9.47 Å². The van der Waals surface area contributed by atoms with Crippen LogP contribution in [0.3, 0.4) is 0 Å². The van der Waals surface area contributed by atoms with Gasteiger partial charge in [-0.1, -0.05) is 6.07 Å². The standard InChI is InChI=1S/C13H13NO3/c15-9-14-6-10-1-2-11-12(5-10)17-8-13(3-4-13)7-16-11/h1-2,5H,3-4,6-8H2. The summed E-state index contributed by atoms with van der Waals surface area (Å²) in [5.74, 6) is 1.54. The average Bonchev–Trinajstić information content (AvgIpc) is 3.15. The van der Waals surface area contributed by atoms with E-state index in [9.17, 15) is 4.79 Å². The van der Waals surface area contributed by atoms with Crippen molar-refractivity contribution in [2.24, 2.45) is 10.4 Å². The van der Waals surface area contributed by atoms with Gasteiger partial charge < -0.3 is 9.47 Å². The number of nitrogens with zero attached hydrogens (tertiary/aromatic N) is 1. The zero-order valence-corrected chi connectivity index (χ0v) is 9.44. The zero-order valence-electron chi connectivity index (χ0n) is 9.44. The fourth-order valence-electron chi connectivity index (χ4n) is 1.98. The van der Waals surface area contributed by atoms with Gasteiger partial charge in [-0.2, -0.15) is 0 Å². The van der Waals surface area contributed by atoms with Gasteiger partial charge in [-0.15, -0.1) is 0 Å². The topological polar surface area (TPSA) is 47.9 Å². The summed E-state index contributed by atoms with van der Waals surface area (Å²) in [4.78, 5) is 13.6. The largest absolute Gasteiger partial charge is 0.489 e. The quantitative estimate of drug-likeness (QED) is 0.578. The minimum atomic E-state index is 0.250. The van der Waals surface area contributed by atoms with Gasteiger partial charge in [0.25, 0.3) is 0 Å². The minimum absolute atomic E-state index is 0.250. The molecule has 1 spiro atoms. The Morgan fingerprint density at radius 2 is 2.00 bits per heavy atom. The SMILES string of the molecule is O=C=NCc1ccc2c(c1)OCC1(CC1)CO2. The van der Waals surface area contributed by atoms with Crippen LogP contribution in [-0.4, -0.2) is 19.3 Å². The third-order valence-corrected chi connectivity index (χ3v) is 3.36. The molecule has 0 bridgehead atoms. The van der Waals surface area contributed by atoms with Crippen LogP contribution in [0.25, 0.3) is 0 Å². The van der Waals surface area contributed by atoms with Crippen molar-refractivity contribution in [3.63, 3.8) is 0 Å². The van der Waals surface area contributed by atoms with E-state index in [2.05, 4.69) is 4.99 Å². The number of isocyanates is 1. The summed E-state index contributed by atoms with van der Waals surface area (Å²) in [6, 6.07) is 5.66. The van der Waals surface area contributed by atoms with Crippen molar-refractivity contribution in [2.45, 2.75) is 19.4 Å². The van der Waals surface area contributed by atoms with Crippen LogP contribution in [0, 0.1) is 5.41 Å². The molecule has 3 rings (SSSR count). The first-order chi connectivity index (χ1) is 8.31. The van der Waals surface area contributed by atoms with E-state index in [1.54, 1.807) is 0 Å². The van der Waals surface area contributed by atoms with Crippen molar-refractivity contribution >= 4 is 6.08 Å². The maximum atomic E-state index is 10.1. The van der Waals surface area contributed by atoms with Gasteiger partial charge in [0.1, 0.15) is 0 Å². The van der Waals surface area contributed by atoms with Crippen molar-refractivity contribution in [1.29, 1.82) is 0 Å². The normalized spacial score (nSPS) is 19.3. The fraction of sp³-hybridized carbons (Fsp3) is 0.462. The van der Waals surface area contributed by atoms with Crippen LogP contribution in [-0.2, 0) is 11.3 Å². The van der Waals surface area contributed by atoms with Gasteiger partial charge in [-0.3, -0.25) is 0 Å². The second kappa shape index (κ2) is 3.90. The van der Waals surface area contributed by atoms with Gasteiger partial charge >= 0.3 is 0 Å². The number of aliphatic imine (C=N–C) groups is 1. The molecule has 1 aromatic carbocycles. The third-order valence-electron chi connectivity index (χ3n) is 3.36. The Morgan fingerprint density at radius 3 is 2.71 bits per heavy atom. The molecule has 0 atom stereocenters. The minimum Gasteiger partial charge on any atom is -0.489 e. The van der Waals surface area contributed by atoms with E-state index in [0.717, 1.165) is 30.3 Å². The van der Waals surface area contributed by atoms with E-state index < -0.39 is 0 Å². The Hall–Kier alpha value is -1.80. The lowest BCUT2D eigenvalue weighted by Crippen LogP contribution is -2.17. The summed E-state index contributed by atoms with van der Waals surface area (Å²) in [6.45, 7) is 1.80. The van der Waals surface area contributed by atoms with Crippen molar-refractivity contribution in [2.75, 3.05) is 13.2 Å². The molecule has 0 saturated heterocycles. The molecular weight excluding hydrogens is 218 g/mol. The molecule has 0 unspecified atom stereocenters. The molecule has 0 N–H and O–H groups in total. The van der Waals surface area contributed by atoms with Crippen LogP contribution in [0.4, 0.5) is 0 Å². The van der Waals surface area contributed by atoms with Crippen molar-refractivity contribution in [3.8, 4) is 11.5 Å². The second-order valence-corrected chi connectivity index (χ2v) is 4.77. The summed E-state index contributed by atoms with van der Waals surface area (Å²) >= 11 is 0. The van der Waals surface area contributed by atoms with Gasteiger partial charge in [0.2, 0.25) is 6.08 Å². The molecule has 88 valence electrons. The first-order valence-electron chi connectivity index (χ1n) is 5.74. The molecule has 4 nitrogen and oxygen atoms in total. The van der Waals surface area contributed by atoms with E-state index in [1.165, 1.54) is 18.9 Å². The predicted molar refractivity (Wildman–Crippen MR) is 60.9 cm³/mol. The second-order valence-electron chi connectivity index (χ2n) is 4.77. The van der Waals surface area contributed by atoms with Crippen LogP contribution in [0.2, 0.25) is 0 Å². The summed E-state index contributed by atoms with van der Waals surface area (Å²) in [5, 5.41) is 0. The van der Waals surface area contributed by atoms with Crippen LogP contribution in [0.15, 0.2) is 23.2 Å². The lowest BCUT2D eigenvalue weighted by molar-refractivity contribution is 0.197. The molecule has 0 amide bonds. The molecule has 1 aromatic rings. The lowest BCUT2D eigenvalue weighted by Gasteiger charge is -2.08. The molecule has 0 radical (unpaired) electrons. The maximum absolute atomic E-state index is 10.1. The first kappa shape index (κ1) is 10.4. The number of ether oxygens (including phenoxy) is 2. The number of benzene rings is 1. The smallest absolute Gasteiger partial charge is 0.235 e. The van der Waals surface area contributed by atoms with Crippen LogP contribution in [0.1, 0.15) is 18.4 Å². The highest BCUT2D eigenvalue weighted by Gasteiger charge is 2.46. The number of hydrogen-bond donors (Lipinski definition) is 0. The van der Waals surface area contributed by atoms with Gasteiger partial charge in [0, 0.05) is 5.41 Å². The third kappa shape index (κ3) is 2.04. The Kier molecular flexibility index (Phi) is 2.37. The Bertz CT molecular complexity index is 487. The molecule has 17 heavy (non-hydrogen) atoms. The van der Waals surface area contributed by atoms with Gasteiger partial charge in [0.05, 0.1) is 19.8 Å². The van der Waals surface area contributed by atoms with Crippen molar-refractivity contribution < 1.29 is 14.3 Å². The van der Waals surface area contributed by atoms with Gasteiger partial charge in [-0.05, 0) is 30.5 Å². The van der Waals surface area contributed by atoms with Gasteiger partial charge in [-0.25, -0.2) is 9.79 Å². The van der Waals surface area contributed by atoms with Crippen LogP contribution < -0.4 is 9.47 Å². The molecular formula is C13H13NO3. The van der Waals surface area contributed by atoms with Crippen LogP contribution in [0.5, 0.6) is 11.5 Å². The fourth-order valence-corrected chi connectivity index (χ4v) is 1.98. The first-order valence-corrected chi connectivity index (χ1v) is 5.74. The number of carbonyl (C=O) groups excluding carboxylic acids is 1. The van der Waals surface area contributed by atoms with E-state index in [1.807, 2.05) is 18.2 Å². The van der Waals surface area contributed by atoms with E-state index >= 15 is 0 Å². The number of rotatable bonds is 2. The lowest BCUT2D eigenvalue weighted by atomic mass is 10.1. The van der Waals surface area contributed by atoms with E-state index in [0.29, 0.717) is 6.54 Å². The monoisotopic (exact) mass is 231 g/mol. The van der Waals surface area contributed by atoms with E-state index in [-0.39, 0.29) is 5.41 Å². The molecule has 2 aliphatic rings. The predicted octanol–water partition coefficient (Wildman–Crippen LogP) is 2.07. The summed E-state index contributed by atoms with van der Waals surface area (Å²) in [5.41, 5.74) is 1.18. The Morgan fingerprint density at radius 1 is 1.24 bits per heavy atom. The Labute approximate surface area is 99.3 Å². The number of fused-ring (bicyclic) bond motifs is 1. The van der Waals surface area contributed by atoms with Crippen LogP contribution >= 0.6 is 0 Å². The number of hydrogen-bond acceptors (Lipinski definition) is 4. The molecule has 1 heterocycles. The maximum Gasteiger partial charge on any atom is 0.235 e. The highest BCUT2D eigenvalue weighted by Crippen LogP contribution is 2.49. The zero-order chi connectivity index (χ0) is 11.7. The Balaban J connectivity index is 1.83. The molecule has 0 aromatic heterocycles. The highest BCUT2D eigenvalue weighted by atomic mass is 16.5. The molecule has 1 saturated carbocycles. The molecule has 1 fully saturated rings. The van der Waals surface area contributed by atoms with Crippen molar-refractivity contribution in [3.05, 3.63) is 23.8 Å². The average molecular weight is 231 g/mol.